The number of alkyl carbamates (subject to hydrolysis) is 1. The molecule has 2 saturated heterocycles. The van der Waals surface area contributed by atoms with Crippen LogP contribution in [0.1, 0.15) is 30.4 Å². The number of carbonyl (C=O) groups is 1. The van der Waals surface area contributed by atoms with Gasteiger partial charge in [-0.25, -0.2) is 9.10 Å². The molecule has 0 radical (unpaired) electrons. The molecule has 8 nitrogen and oxygen atoms in total. The van der Waals surface area contributed by atoms with Crippen LogP contribution in [0.2, 0.25) is 0 Å². The standard InChI is InChI=1S/C23H37N3O5S/c1-17-7-8-19(14-18(17)15-27)32-26(12-11-25(2)3)10-5-9-24-23(28)31-21-16-30-22-20(21)6-4-13-29-22/h7-8,14,20-22,27H,4-6,9-13,15-16H2,1-3H3,(H,24,28)/t20-,21-,22+/m1/s1. The van der Waals surface area contributed by atoms with Crippen LogP contribution < -0.4 is 5.32 Å². The summed E-state index contributed by atoms with van der Waals surface area (Å²) in [6.07, 6.45) is 1.92. The molecule has 180 valence electrons. The third kappa shape index (κ3) is 7.60. The molecule has 1 amide bonds. The Morgan fingerprint density at radius 1 is 1.28 bits per heavy atom. The molecule has 0 bridgehead atoms. The monoisotopic (exact) mass is 467 g/mol. The second-order valence-corrected chi connectivity index (χ2v) is 9.84. The highest BCUT2D eigenvalue weighted by molar-refractivity contribution is 7.97. The molecule has 0 spiro atoms. The highest BCUT2D eigenvalue weighted by Crippen LogP contribution is 2.32. The number of nitrogens with one attached hydrogen (secondary N) is 1. The van der Waals surface area contributed by atoms with Gasteiger partial charge in [-0.3, -0.25) is 0 Å². The van der Waals surface area contributed by atoms with Crippen LogP contribution in [-0.2, 0) is 20.8 Å². The van der Waals surface area contributed by atoms with Crippen LogP contribution in [0.3, 0.4) is 0 Å². The van der Waals surface area contributed by atoms with Gasteiger partial charge in [0.05, 0.1) is 13.2 Å². The first kappa shape index (κ1) is 25.3. The minimum atomic E-state index is -0.386. The van der Waals surface area contributed by atoms with E-state index in [-0.39, 0.29) is 31.0 Å². The third-order valence-electron chi connectivity index (χ3n) is 5.85. The summed E-state index contributed by atoms with van der Waals surface area (Å²) in [4.78, 5) is 15.5. The molecule has 3 rings (SSSR count). The van der Waals surface area contributed by atoms with Crippen LogP contribution in [0.5, 0.6) is 0 Å². The molecule has 0 unspecified atom stereocenters. The topological polar surface area (TPSA) is 83.5 Å². The Hall–Kier alpha value is -1.36. The zero-order valence-corrected chi connectivity index (χ0v) is 20.2. The van der Waals surface area contributed by atoms with Crippen molar-refractivity contribution < 1.29 is 24.1 Å². The summed E-state index contributed by atoms with van der Waals surface area (Å²) in [5.41, 5.74) is 2.05. The van der Waals surface area contributed by atoms with E-state index in [2.05, 4.69) is 34.7 Å². The molecule has 2 heterocycles. The largest absolute Gasteiger partial charge is 0.443 e. The lowest BCUT2D eigenvalue weighted by molar-refractivity contribution is -0.152. The average Bonchev–Trinajstić information content (AvgIpc) is 3.18. The van der Waals surface area contributed by atoms with Gasteiger partial charge in [0.1, 0.15) is 6.10 Å². The number of ether oxygens (including phenoxy) is 3. The van der Waals surface area contributed by atoms with Crippen LogP contribution in [-0.4, -0.2) is 86.3 Å². The number of aliphatic hydroxyl groups is 1. The maximum atomic E-state index is 12.2. The number of nitrogens with zero attached hydrogens (tertiary/aromatic N) is 2. The molecule has 32 heavy (non-hydrogen) atoms. The summed E-state index contributed by atoms with van der Waals surface area (Å²) in [6.45, 7) is 6.38. The number of fused-ring (bicyclic) bond motifs is 1. The molecule has 2 aliphatic heterocycles. The van der Waals surface area contributed by atoms with E-state index in [1.807, 2.05) is 19.1 Å². The van der Waals surface area contributed by atoms with Crippen LogP contribution in [0, 0.1) is 12.8 Å². The van der Waals surface area contributed by atoms with E-state index in [4.69, 9.17) is 14.2 Å². The summed E-state index contributed by atoms with van der Waals surface area (Å²) in [6, 6.07) is 6.18. The Kier molecular flexibility index (Phi) is 10.1. The summed E-state index contributed by atoms with van der Waals surface area (Å²) in [5.74, 6) is 0.144. The predicted octanol–water partition coefficient (Wildman–Crippen LogP) is 2.63. The van der Waals surface area contributed by atoms with Gasteiger partial charge >= 0.3 is 6.09 Å². The van der Waals surface area contributed by atoms with Crippen LogP contribution in [0.15, 0.2) is 23.1 Å². The molecule has 3 atom stereocenters. The highest BCUT2D eigenvalue weighted by Gasteiger charge is 2.42. The summed E-state index contributed by atoms with van der Waals surface area (Å²) < 4.78 is 19.1. The number of carbonyl (C=O) groups excluding carboxylic acids is 1. The van der Waals surface area contributed by atoms with Crippen molar-refractivity contribution in [3.05, 3.63) is 29.3 Å². The van der Waals surface area contributed by atoms with Crippen LogP contribution in [0.4, 0.5) is 4.79 Å². The zero-order chi connectivity index (χ0) is 22.9. The molecular formula is C23H37N3O5S. The van der Waals surface area contributed by atoms with Crippen LogP contribution in [0.25, 0.3) is 0 Å². The quantitative estimate of drug-likeness (QED) is 0.380. The lowest BCUT2D eigenvalue weighted by Crippen LogP contribution is -2.37. The SMILES string of the molecule is Cc1ccc(SN(CCCNC(=O)O[C@@H]2CO[C@@H]3OCCC[C@@H]32)CCN(C)C)cc1CO. The van der Waals surface area contributed by atoms with Gasteiger partial charge in [0.15, 0.2) is 6.29 Å². The van der Waals surface area contributed by atoms with Gasteiger partial charge < -0.3 is 29.5 Å². The normalized spacial score (nSPS) is 22.9. The average molecular weight is 468 g/mol. The first-order chi connectivity index (χ1) is 15.5. The van der Waals surface area contributed by atoms with E-state index in [1.165, 1.54) is 0 Å². The Bertz CT molecular complexity index is 736. The molecule has 2 aliphatic rings. The maximum Gasteiger partial charge on any atom is 0.407 e. The smallest absolute Gasteiger partial charge is 0.407 e. The molecule has 2 fully saturated rings. The number of hydrogen-bond donors (Lipinski definition) is 2. The Morgan fingerprint density at radius 2 is 2.12 bits per heavy atom. The Morgan fingerprint density at radius 3 is 2.91 bits per heavy atom. The minimum absolute atomic E-state index is 0.0454. The van der Waals surface area contributed by atoms with Gasteiger partial charge in [0.2, 0.25) is 0 Å². The van der Waals surface area contributed by atoms with Crippen molar-refractivity contribution in [3.63, 3.8) is 0 Å². The van der Waals surface area contributed by atoms with Gasteiger partial charge in [0.25, 0.3) is 0 Å². The minimum Gasteiger partial charge on any atom is -0.443 e. The first-order valence-electron chi connectivity index (χ1n) is 11.4. The highest BCUT2D eigenvalue weighted by atomic mass is 32.2. The number of aryl methyl sites for hydroxylation is 1. The Balaban J connectivity index is 1.42. The van der Waals surface area contributed by atoms with Crippen molar-refractivity contribution in [3.8, 4) is 0 Å². The van der Waals surface area contributed by atoms with Crippen molar-refractivity contribution in [1.29, 1.82) is 0 Å². The van der Waals surface area contributed by atoms with Gasteiger partial charge in [0, 0.05) is 43.6 Å². The van der Waals surface area contributed by atoms with Crippen molar-refractivity contribution in [2.75, 3.05) is 53.5 Å². The molecule has 1 aromatic rings. The van der Waals surface area contributed by atoms with Crippen LogP contribution >= 0.6 is 11.9 Å². The lowest BCUT2D eigenvalue weighted by atomic mass is 9.97. The van der Waals surface area contributed by atoms with Gasteiger partial charge in [-0.05, 0) is 75.5 Å². The molecular weight excluding hydrogens is 430 g/mol. The lowest BCUT2D eigenvalue weighted by Gasteiger charge is -2.27. The fourth-order valence-corrected chi connectivity index (χ4v) is 4.92. The predicted molar refractivity (Wildman–Crippen MR) is 124 cm³/mol. The van der Waals surface area contributed by atoms with E-state index in [0.717, 1.165) is 54.9 Å². The number of amides is 1. The third-order valence-corrected chi connectivity index (χ3v) is 6.94. The number of benzene rings is 1. The molecule has 0 aliphatic carbocycles. The van der Waals surface area contributed by atoms with Gasteiger partial charge in [-0.1, -0.05) is 6.07 Å². The Labute approximate surface area is 195 Å². The molecule has 2 N–H and O–H groups in total. The fraction of sp³-hybridized carbons (Fsp3) is 0.696. The van der Waals surface area contributed by atoms with E-state index < -0.39 is 0 Å². The van der Waals surface area contributed by atoms with E-state index in [1.54, 1.807) is 11.9 Å². The number of rotatable bonds is 11. The summed E-state index contributed by atoms with van der Waals surface area (Å²) in [7, 11) is 4.12. The van der Waals surface area contributed by atoms with Crippen molar-refractivity contribution in [1.82, 2.24) is 14.5 Å². The van der Waals surface area contributed by atoms with E-state index in [9.17, 15) is 9.90 Å². The molecule has 0 aromatic heterocycles. The molecule has 0 saturated carbocycles. The zero-order valence-electron chi connectivity index (χ0n) is 19.4. The fourth-order valence-electron chi connectivity index (χ4n) is 3.91. The first-order valence-corrected chi connectivity index (χ1v) is 12.2. The van der Waals surface area contributed by atoms with Gasteiger partial charge in [-0.2, -0.15) is 0 Å². The number of aliphatic hydroxyl groups excluding tert-OH is 1. The van der Waals surface area contributed by atoms with Crippen molar-refractivity contribution in [2.45, 2.75) is 50.1 Å². The number of likely N-dealkylation sites (N-methyl/N-ethyl adjacent to an activating group) is 1. The van der Waals surface area contributed by atoms with E-state index >= 15 is 0 Å². The second-order valence-electron chi connectivity index (χ2n) is 8.67. The number of hydrogen-bond acceptors (Lipinski definition) is 8. The summed E-state index contributed by atoms with van der Waals surface area (Å²) >= 11 is 1.69. The van der Waals surface area contributed by atoms with Crippen molar-refractivity contribution >= 4 is 18.0 Å². The van der Waals surface area contributed by atoms with E-state index in [0.29, 0.717) is 19.8 Å². The van der Waals surface area contributed by atoms with Crippen molar-refractivity contribution in [2.24, 2.45) is 5.92 Å². The molecule has 1 aromatic carbocycles. The second kappa shape index (κ2) is 12.8. The maximum absolute atomic E-state index is 12.2. The molecule has 9 heteroatoms. The summed E-state index contributed by atoms with van der Waals surface area (Å²) in [5, 5.41) is 12.4. The van der Waals surface area contributed by atoms with Gasteiger partial charge in [-0.15, -0.1) is 0 Å².